The average Bonchev–Trinajstić information content (AvgIpc) is 3.07. The predicted molar refractivity (Wildman–Crippen MR) is 70.7 cm³/mol. The fourth-order valence-electron chi connectivity index (χ4n) is 3.47. The van der Waals surface area contributed by atoms with Gasteiger partial charge in [0.05, 0.1) is 0 Å². The first-order valence-electron chi connectivity index (χ1n) is 6.59. The number of rotatable bonds is 1. The highest BCUT2D eigenvalue weighted by molar-refractivity contribution is 6.07. The van der Waals surface area contributed by atoms with Crippen molar-refractivity contribution in [2.75, 3.05) is 0 Å². The Bertz CT molecular complexity index is 674. The topological polar surface area (TPSA) is 17.1 Å². The van der Waals surface area contributed by atoms with Crippen LogP contribution in [-0.4, -0.2) is 5.78 Å². The fourth-order valence-corrected chi connectivity index (χ4v) is 3.47. The third-order valence-electron chi connectivity index (χ3n) is 4.57. The Morgan fingerprint density at radius 2 is 1.79 bits per heavy atom. The second kappa shape index (κ2) is 3.53. The van der Waals surface area contributed by atoms with Gasteiger partial charge in [-0.1, -0.05) is 36.4 Å². The first-order valence-corrected chi connectivity index (χ1v) is 6.59. The molecule has 2 aliphatic rings. The third kappa shape index (κ3) is 1.43. The van der Waals surface area contributed by atoms with Gasteiger partial charge in [-0.3, -0.25) is 4.79 Å². The molecule has 1 spiro atoms. The average molecular weight is 252 g/mol. The van der Waals surface area contributed by atoms with E-state index < -0.39 is 0 Å². The van der Waals surface area contributed by atoms with E-state index in [1.165, 1.54) is 12.1 Å². The maximum atomic E-state index is 13.0. The van der Waals surface area contributed by atoms with Crippen molar-refractivity contribution in [3.63, 3.8) is 0 Å². The first kappa shape index (κ1) is 10.9. The Balaban J connectivity index is 1.70. The molecule has 0 heterocycles. The van der Waals surface area contributed by atoms with Gasteiger partial charge in [0.1, 0.15) is 5.82 Å². The first-order chi connectivity index (χ1) is 9.21. The van der Waals surface area contributed by atoms with Gasteiger partial charge in [-0.15, -0.1) is 0 Å². The van der Waals surface area contributed by atoms with Crippen molar-refractivity contribution in [2.24, 2.45) is 5.41 Å². The number of carbonyl (C=O) groups is 1. The van der Waals surface area contributed by atoms with E-state index in [0.717, 1.165) is 29.5 Å². The van der Waals surface area contributed by atoms with Crippen LogP contribution < -0.4 is 0 Å². The van der Waals surface area contributed by atoms with Gasteiger partial charge in [-0.2, -0.15) is 0 Å². The lowest BCUT2D eigenvalue weighted by Gasteiger charge is -2.07. The molecule has 2 aromatic carbocycles. The Labute approximate surface area is 111 Å². The van der Waals surface area contributed by atoms with E-state index in [1.54, 1.807) is 0 Å². The van der Waals surface area contributed by atoms with Gasteiger partial charge in [-0.25, -0.2) is 4.39 Å². The molecule has 0 aliphatic heterocycles. The third-order valence-corrected chi connectivity index (χ3v) is 4.57. The van der Waals surface area contributed by atoms with E-state index in [2.05, 4.69) is 0 Å². The molecule has 1 nitrogen and oxygen atoms in total. The van der Waals surface area contributed by atoms with Crippen molar-refractivity contribution in [1.29, 1.82) is 0 Å². The number of Topliss-reactive ketones (excluding diaryl/α,β-unsaturated/α-hetero) is 1. The van der Waals surface area contributed by atoms with Gasteiger partial charge in [-0.05, 0) is 42.0 Å². The molecule has 0 radical (unpaired) electrons. The summed E-state index contributed by atoms with van der Waals surface area (Å²) in [5.74, 6) is 0.310. The lowest BCUT2D eigenvalue weighted by molar-refractivity contribution is 0.0914. The van der Waals surface area contributed by atoms with E-state index >= 15 is 0 Å². The second-order valence-electron chi connectivity index (χ2n) is 5.63. The summed E-state index contributed by atoms with van der Waals surface area (Å²) in [6.07, 6.45) is 1.73. The summed E-state index contributed by atoms with van der Waals surface area (Å²) in [7, 11) is 0. The molecule has 0 N–H and O–H groups in total. The number of hydrogen-bond donors (Lipinski definition) is 0. The predicted octanol–water partition coefficient (Wildman–Crippen LogP) is 3.74. The molecule has 0 bridgehead atoms. The number of carbonyl (C=O) groups excluding carboxylic acids is 1. The van der Waals surface area contributed by atoms with Crippen LogP contribution in [0.25, 0.3) is 0 Å². The normalized spacial score (nSPS) is 27.6. The van der Waals surface area contributed by atoms with Crippen LogP contribution in [0.2, 0.25) is 0 Å². The van der Waals surface area contributed by atoms with Crippen molar-refractivity contribution in [3.05, 3.63) is 71.0 Å². The van der Waals surface area contributed by atoms with Crippen LogP contribution in [-0.2, 0) is 6.42 Å². The van der Waals surface area contributed by atoms with Crippen molar-refractivity contribution < 1.29 is 9.18 Å². The highest BCUT2D eigenvalue weighted by Crippen LogP contribution is 2.65. The molecule has 2 aromatic rings. The Morgan fingerprint density at radius 3 is 2.53 bits per heavy atom. The standard InChI is InChI=1S/C17H13FO/c18-13-7-5-11(6-8-13)15-10-17(15)9-12-3-1-2-4-14(12)16(17)19/h1-8,15H,9-10H2/t15-,17+/m0/s1. The van der Waals surface area contributed by atoms with Gasteiger partial charge in [0.15, 0.2) is 5.78 Å². The van der Waals surface area contributed by atoms with Crippen LogP contribution in [0.3, 0.4) is 0 Å². The van der Waals surface area contributed by atoms with Gasteiger partial charge in [0, 0.05) is 11.0 Å². The summed E-state index contributed by atoms with van der Waals surface area (Å²) in [5, 5.41) is 0. The molecule has 2 aliphatic carbocycles. The Kier molecular flexibility index (Phi) is 2.03. The molecular weight excluding hydrogens is 239 g/mol. The minimum Gasteiger partial charge on any atom is -0.294 e. The minimum atomic E-state index is -0.235. The number of halogens is 1. The SMILES string of the molecule is O=C1c2ccccc2C[C@]12C[C@H]2c1ccc(F)cc1. The van der Waals surface area contributed by atoms with Crippen LogP contribution >= 0.6 is 0 Å². The van der Waals surface area contributed by atoms with E-state index in [0.29, 0.717) is 0 Å². The molecule has 2 heteroatoms. The molecule has 1 saturated carbocycles. The van der Waals surface area contributed by atoms with Crippen LogP contribution in [0.1, 0.15) is 33.8 Å². The summed E-state index contributed by atoms with van der Waals surface area (Å²) < 4.78 is 13.0. The highest BCUT2D eigenvalue weighted by Gasteiger charge is 2.63. The van der Waals surface area contributed by atoms with Crippen LogP contribution in [0.15, 0.2) is 48.5 Å². The minimum absolute atomic E-state index is 0.223. The maximum absolute atomic E-state index is 13.0. The molecule has 1 fully saturated rings. The molecule has 0 aromatic heterocycles. The monoisotopic (exact) mass is 252 g/mol. The quantitative estimate of drug-likeness (QED) is 0.755. The largest absolute Gasteiger partial charge is 0.294 e. The van der Waals surface area contributed by atoms with Crippen molar-refractivity contribution in [1.82, 2.24) is 0 Å². The number of benzene rings is 2. The molecule has 0 amide bonds. The summed E-state index contributed by atoms with van der Waals surface area (Å²) in [4.78, 5) is 12.6. The van der Waals surface area contributed by atoms with Crippen molar-refractivity contribution in [2.45, 2.75) is 18.8 Å². The molecular formula is C17H13FO. The van der Waals surface area contributed by atoms with Crippen LogP contribution in [0.4, 0.5) is 4.39 Å². The van der Waals surface area contributed by atoms with E-state index in [4.69, 9.17) is 0 Å². The lowest BCUT2D eigenvalue weighted by atomic mass is 9.95. The van der Waals surface area contributed by atoms with E-state index in [9.17, 15) is 9.18 Å². The van der Waals surface area contributed by atoms with Gasteiger partial charge >= 0.3 is 0 Å². The second-order valence-corrected chi connectivity index (χ2v) is 5.63. The van der Waals surface area contributed by atoms with Gasteiger partial charge in [0.25, 0.3) is 0 Å². The van der Waals surface area contributed by atoms with Crippen LogP contribution in [0, 0.1) is 11.2 Å². The van der Waals surface area contributed by atoms with Crippen molar-refractivity contribution in [3.8, 4) is 0 Å². The number of ketones is 1. The zero-order valence-electron chi connectivity index (χ0n) is 10.4. The fraction of sp³-hybridized carbons (Fsp3) is 0.235. The Morgan fingerprint density at radius 1 is 1.05 bits per heavy atom. The zero-order chi connectivity index (χ0) is 13.0. The molecule has 2 atom stereocenters. The smallest absolute Gasteiger partial charge is 0.170 e. The summed E-state index contributed by atoms with van der Waals surface area (Å²) in [5.41, 5.74) is 2.90. The summed E-state index contributed by atoms with van der Waals surface area (Å²) >= 11 is 0. The summed E-state index contributed by atoms with van der Waals surface area (Å²) in [6, 6.07) is 14.5. The van der Waals surface area contributed by atoms with Crippen molar-refractivity contribution >= 4 is 5.78 Å². The lowest BCUT2D eigenvalue weighted by Crippen LogP contribution is -2.12. The zero-order valence-corrected chi connectivity index (χ0v) is 10.4. The van der Waals surface area contributed by atoms with Gasteiger partial charge in [0.2, 0.25) is 0 Å². The van der Waals surface area contributed by atoms with E-state index in [-0.39, 0.29) is 22.9 Å². The molecule has 0 unspecified atom stereocenters. The van der Waals surface area contributed by atoms with E-state index in [1.807, 2.05) is 36.4 Å². The van der Waals surface area contributed by atoms with Crippen LogP contribution in [0.5, 0.6) is 0 Å². The summed E-state index contributed by atoms with van der Waals surface area (Å²) in [6.45, 7) is 0. The number of hydrogen-bond acceptors (Lipinski definition) is 1. The maximum Gasteiger partial charge on any atom is 0.170 e. The van der Waals surface area contributed by atoms with Gasteiger partial charge < -0.3 is 0 Å². The molecule has 19 heavy (non-hydrogen) atoms. The molecule has 94 valence electrons. The molecule has 0 saturated heterocycles. The Hall–Kier alpha value is -1.96. The molecule has 4 rings (SSSR count). The number of fused-ring (bicyclic) bond motifs is 1. The highest BCUT2D eigenvalue weighted by atomic mass is 19.1.